The van der Waals surface area contributed by atoms with Gasteiger partial charge in [0.05, 0.1) is 74.0 Å². The SMILES string of the molecule is COc1cc(OC)c(C(=O)NC2CC23CCC(NC(=O)c2cc(C(=O)NCCN)c(OCCCCCN)cc2OCCCCCN)CC3)cc1C(=O)NC1CCC(NC(=O)c2cc(C(=O)NCCN)c(OCCCCCN)cc2OCCCCCN)CC1. The van der Waals surface area contributed by atoms with Gasteiger partial charge in [-0.15, -0.1) is 0 Å². The topological polar surface area (TPSA) is 386 Å². The highest BCUT2D eigenvalue weighted by Crippen LogP contribution is 2.56. The summed E-state index contributed by atoms with van der Waals surface area (Å²) in [4.78, 5) is 83.7. The molecule has 0 bridgehead atoms. The number of hydrogen-bond acceptors (Lipinski definition) is 18. The number of rotatable bonds is 40. The Morgan fingerprint density at radius 1 is 0.375 bits per heavy atom. The zero-order chi connectivity index (χ0) is 63.3. The third kappa shape index (κ3) is 20.8. The van der Waals surface area contributed by atoms with E-state index >= 15 is 0 Å². The summed E-state index contributed by atoms with van der Waals surface area (Å²) >= 11 is 0. The van der Waals surface area contributed by atoms with E-state index < -0.39 is 29.5 Å². The van der Waals surface area contributed by atoms with Crippen molar-refractivity contribution >= 4 is 35.4 Å². The maximum Gasteiger partial charge on any atom is 0.255 e. The van der Waals surface area contributed by atoms with Gasteiger partial charge in [-0.05, 0) is 185 Å². The van der Waals surface area contributed by atoms with Crippen molar-refractivity contribution in [2.75, 3.05) is 93.0 Å². The largest absolute Gasteiger partial charge is 0.496 e. The van der Waals surface area contributed by atoms with Crippen molar-refractivity contribution in [3.05, 3.63) is 69.8 Å². The minimum Gasteiger partial charge on any atom is -0.496 e. The molecule has 1 unspecified atom stereocenters. The summed E-state index contributed by atoms with van der Waals surface area (Å²) in [5.41, 5.74) is 35.2. The second kappa shape index (κ2) is 37.1. The highest BCUT2D eigenvalue weighted by atomic mass is 16.5. The van der Waals surface area contributed by atoms with Crippen LogP contribution in [-0.4, -0.2) is 153 Å². The van der Waals surface area contributed by atoms with Crippen molar-refractivity contribution in [3.8, 4) is 34.5 Å². The summed E-state index contributed by atoms with van der Waals surface area (Å²) in [5, 5.41) is 18.3. The van der Waals surface area contributed by atoms with Crippen LogP contribution in [0.1, 0.15) is 197 Å². The number of hydrogen-bond donors (Lipinski definition) is 12. The Kier molecular flexibility index (Phi) is 29.6. The van der Waals surface area contributed by atoms with Gasteiger partial charge in [0.1, 0.15) is 34.5 Å². The number of carbonyl (C=O) groups is 6. The van der Waals surface area contributed by atoms with E-state index in [1.807, 2.05) is 0 Å². The molecule has 24 heteroatoms. The van der Waals surface area contributed by atoms with E-state index in [9.17, 15) is 28.8 Å². The van der Waals surface area contributed by atoms with Crippen molar-refractivity contribution < 1.29 is 57.2 Å². The highest BCUT2D eigenvalue weighted by molar-refractivity contribution is 6.05. The number of amides is 6. The Morgan fingerprint density at radius 2 is 0.670 bits per heavy atom. The molecule has 0 aliphatic heterocycles. The summed E-state index contributed by atoms with van der Waals surface area (Å²) < 4.78 is 36.0. The number of benzene rings is 3. The van der Waals surface area contributed by atoms with E-state index in [1.165, 1.54) is 32.4 Å². The summed E-state index contributed by atoms with van der Waals surface area (Å²) in [6, 6.07) is 8.54. The number of ether oxygens (including phenoxy) is 6. The van der Waals surface area contributed by atoms with Gasteiger partial charge in [-0.2, -0.15) is 0 Å². The third-order valence-electron chi connectivity index (χ3n) is 16.6. The Labute approximate surface area is 518 Å². The molecule has 3 aliphatic carbocycles. The molecule has 6 amide bonds. The van der Waals surface area contributed by atoms with Crippen LogP contribution < -0.4 is 94.7 Å². The normalized spacial score (nSPS) is 18.5. The van der Waals surface area contributed by atoms with Crippen LogP contribution >= 0.6 is 0 Å². The number of methoxy groups -OCH3 is 2. The van der Waals surface area contributed by atoms with Crippen LogP contribution in [0.15, 0.2) is 36.4 Å². The van der Waals surface area contributed by atoms with Crippen LogP contribution in [0, 0.1) is 5.41 Å². The molecule has 0 aromatic heterocycles. The first-order valence-corrected chi connectivity index (χ1v) is 31.9. The lowest BCUT2D eigenvalue weighted by Gasteiger charge is -2.30. The molecule has 3 fully saturated rings. The minimum atomic E-state index is -0.426. The molecular weight excluding hydrogens is 1130 g/mol. The summed E-state index contributed by atoms with van der Waals surface area (Å²) in [5.74, 6) is -0.723. The Bertz CT molecular complexity index is 2730. The molecule has 1 spiro atoms. The maximum absolute atomic E-state index is 14.2. The molecule has 3 saturated carbocycles. The maximum atomic E-state index is 14.2. The number of nitrogens with two attached hydrogens (primary N) is 6. The average Bonchev–Trinajstić information content (AvgIpc) is 1.74. The second-order valence-electron chi connectivity index (χ2n) is 23.2. The lowest BCUT2D eigenvalue weighted by molar-refractivity contribution is 0.0886. The van der Waals surface area contributed by atoms with E-state index in [0.29, 0.717) is 114 Å². The van der Waals surface area contributed by atoms with Crippen molar-refractivity contribution in [1.82, 2.24) is 31.9 Å². The lowest BCUT2D eigenvalue weighted by Crippen LogP contribution is -2.44. The smallest absolute Gasteiger partial charge is 0.255 e. The first-order valence-electron chi connectivity index (χ1n) is 31.9. The monoisotopic (exact) mass is 1230 g/mol. The molecule has 3 aromatic carbocycles. The van der Waals surface area contributed by atoms with Gasteiger partial charge in [0.2, 0.25) is 0 Å². The molecule has 0 heterocycles. The van der Waals surface area contributed by atoms with E-state index in [1.54, 1.807) is 18.2 Å². The van der Waals surface area contributed by atoms with Gasteiger partial charge in [-0.3, -0.25) is 28.8 Å². The molecule has 1 atom stereocenters. The van der Waals surface area contributed by atoms with E-state index in [0.717, 1.165) is 96.3 Å². The Hall–Kier alpha value is -6.96. The predicted octanol–water partition coefficient (Wildman–Crippen LogP) is 4.44. The molecule has 88 heavy (non-hydrogen) atoms. The molecule has 488 valence electrons. The van der Waals surface area contributed by atoms with Crippen LogP contribution in [0.5, 0.6) is 34.5 Å². The van der Waals surface area contributed by atoms with E-state index in [4.69, 9.17) is 62.8 Å². The van der Waals surface area contributed by atoms with E-state index in [2.05, 4.69) is 31.9 Å². The Morgan fingerprint density at radius 3 is 0.989 bits per heavy atom. The summed E-state index contributed by atoms with van der Waals surface area (Å²) in [6.07, 6.45) is 15.5. The molecule has 3 aliphatic rings. The van der Waals surface area contributed by atoms with Gasteiger partial charge < -0.3 is 94.7 Å². The van der Waals surface area contributed by atoms with Crippen LogP contribution in [0.2, 0.25) is 0 Å². The van der Waals surface area contributed by atoms with Gasteiger partial charge >= 0.3 is 0 Å². The van der Waals surface area contributed by atoms with Crippen molar-refractivity contribution in [3.63, 3.8) is 0 Å². The molecule has 0 radical (unpaired) electrons. The van der Waals surface area contributed by atoms with Gasteiger partial charge in [0, 0.05) is 68.5 Å². The molecular formula is C64H100N12O12. The quantitative estimate of drug-likeness (QED) is 0.0350. The molecule has 6 rings (SSSR count). The van der Waals surface area contributed by atoms with Crippen LogP contribution in [0.25, 0.3) is 0 Å². The molecule has 3 aromatic rings. The van der Waals surface area contributed by atoms with Crippen LogP contribution in [0.3, 0.4) is 0 Å². The standard InChI is InChI=1S/C64H100N12O12/c1-83-51-38-52(84-2)46(35-45(51)60(79)73-42-15-17-43(18-16-42)74-61(80)49-36-47(58(77)71-29-27-69)53(85-31-11-3-7-23-65)39-55(49)87-33-13-5-9-25-67)63(82)76-57-41-64(57)21-19-44(20-22-64)75-62(81)50-37-48(59(78)72-30-28-70)54(86-32-12-4-8-24-66)40-56(50)88-34-14-6-10-26-68/h35-40,42-44,57H,3-34,41,65-70H2,1-2H3,(H,71,77)(H,72,78)(H,73,79)(H,74,80)(H,75,81)(H,76,82). The fraction of sp³-hybridized carbons (Fsp3) is 0.625. The average molecular weight is 1230 g/mol. The highest BCUT2D eigenvalue weighted by Gasteiger charge is 2.56. The van der Waals surface area contributed by atoms with Crippen molar-refractivity contribution in [2.45, 2.75) is 159 Å². The molecule has 0 saturated heterocycles. The zero-order valence-corrected chi connectivity index (χ0v) is 52.0. The van der Waals surface area contributed by atoms with Gasteiger partial charge in [-0.1, -0.05) is 0 Å². The van der Waals surface area contributed by atoms with Gasteiger partial charge in [0.25, 0.3) is 35.4 Å². The fourth-order valence-corrected chi connectivity index (χ4v) is 11.4. The minimum absolute atomic E-state index is 0.142. The van der Waals surface area contributed by atoms with Crippen molar-refractivity contribution in [2.24, 2.45) is 39.8 Å². The first kappa shape index (κ1) is 70.1. The summed E-state index contributed by atoms with van der Waals surface area (Å²) in [6.45, 7) is 4.61. The first-order chi connectivity index (χ1) is 42.8. The van der Waals surface area contributed by atoms with Crippen LogP contribution in [0.4, 0.5) is 0 Å². The van der Waals surface area contributed by atoms with Gasteiger partial charge in [0.15, 0.2) is 0 Å². The lowest BCUT2D eigenvalue weighted by atomic mass is 9.82. The Balaban J connectivity index is 1.07. The summed E-state index contributed by atoms with van der Waals surface area (Å²) in [7, 11) is 2.90. The predicted molar refractivity (Wildman–Crippen MR) is 338 cm³/mol. The number of nitrogens with one attached hydrogen (secondary N) is 6. The molecule has 18 N–H and O–H groups in total. The van der Waals surface area contributed by atoms with Crippen LogP contribution in [-0.2, 0) is 0 Å². The fourth-order valence-electron chi connectivity index (χ4n) is 11.4. The van der Waals surface area contributed by atoms with Gasteiger partial charge in [-0.25, -0.2) is 0 Å². The van der Waals surface area contributed by atoms with E-state index in [-0.39, 0.29) is 107 Å². The second-order valence-corrected chi connectivity index (χ2v) is 23.2. The molecule has 24 nitrogen and oxygen atoms in total. The zero-order valence-electron chi connectivity index (χ0n) is 52.0. The third-order valence-corrected chi connectivity index (χ3v) is 16.6. The number of unbranched alkanes of at least 4 members (excludes halogenated alkanes) is 8. The van der Waals surface area contributed by atoms with Crippen molar-refractivity contribution in [1.29, 1.82) is 0 Å². The number of carbonyl (C=O) groups excluding carboxylic acids is 6.